The van der Waals surface area contributed by atoms with Crippen LogP contribution in [0.15, 0.2) is 12.3 Å². The Kier molecular flexibility index (Phi) is 4.25. The van der Waals surface area contributed by atoms with E-state index in [-0.39, 0.29) is 19.1 Å². The number of hydrogen-bond donors (Lipinski definition) is 1. The van der Waals surface area contributed by atoms with Gasteiger partial charge in [-0.15, -0.1) is 0 Å². The van der Waals surface area contributed by atoms with Crippen molar-refractivity contribution in [3.8, 4) is 0 Å². The molecule has 2 aliphatic heterocycles. The summed E-state index contributed by atoms with van der Waals surface area (Å²) in [6, 6.07) is 0.295. The first-order valence-electron chi connectivity index (χ1n) is 7.89. The van der Waals surface area contributed by atoms with Gasteiger partial charge in [-0.1, -0.05) is 0 Å². The topological polar surface area (TPSA) is 73.7 Å². The quantitative estimate of drug-likeness (QED) is 0.881. The monoisotopic (exact) mass is 339 g/mol. The number of likely N-dealkylation sites (N-methyl/N-ethyl adjacent to an activating group) is 1. The molecule has 3 rings (SSSR count). The third kappa shape index (κ3) is 2.64. The molecule has 1 amide bonds. The van der Waals surface area contributed by atoms with Gasteiger partial charge in [-0.25, -0.2) is 13.8 Å². The molecule has 2 fully saturated rings. The Morgan fingerprint density at radius 2 is 2.08 bits per heavy atom. The van der Waals surface area contributed by atoms with Crippen molar-refractivity contribution in [2.24, 2.45) is 5.41 Å². The molecule has 24 heavy (non-hydrogen) atoms. The number of piperidine rings is 2. The number of carboxylic acids is 1. The minimum atomic E-state index is -1.01. The molecular weight excluding hydrogens is 320 g/mol. The normalized spacial score (nSPS) is 27.6. The van der Waals surface area contributed by atoms with Crippen molar-refractivity contribution < 1.29 is 23.5 Å². The maximum absolute atomic E-state index is 13.8. The van der Waals surface area contributed by atoms with E-state index in [0.717, 1.165) is 19.2 Å². The summed E-state index contributed by atoms with van der Waals surface area (Å²) in [5.74, 6) is -3.34. The molecule has 2 atom stereocenters. The van der Waals surface area contributed by atoms with Crippen LogP contribution in [0, 0.1) is 17.0 Å². The highest BCUT2D eigenvalue weighted by atomic mass is 19.1. The maximum Gasteiger partial charge on any atom is 0.311 e. The molecule has 130 valence electrons. The number of halogens is 2. The summed E-state index contributed by atoms with van der Waals surface area (Å²) in [5.41, 5.74) is -1.31. The fourth-order valence-electron chi connectivity index (χ4n) is 3.89. The number of carboxylic acid groups (broad SMARTS) is 1. The van der Waals surface area contributed by atoms with Crippen molar-refractivity contribution in [2.75, 3.05) is 26.7 Å². The van der Waals surface area contributed by atoms with E-state index >= 15 is 0 Å². The summed E-state index contributed by atoms with van der Waals surface area (Å²) in [5, 5.41) is 9.71. The van der Waals surface area contributed by atoms with Crippen LogP contribution >= 0.6 is 0 Å². The molecule has 0 spiro atoms. The molecule has 1 aromatic rings. The number of likely N-dealkylation sites (tertiary alicyclic amines) is 2. The van der Waals surface area contributed by atoms with E-state index in [1.807, 2.05) is 11.9 Å². The Labute approximate surface area is 138 Å². The number of aliphatic carboxylic acids is 1. The first-order valence-corrected chi connectivity index (χ1v) is 7.89. The smallest absolute Gasteiger partial charge is 0.311 e. The predicted octanol–water partition coefficient (Wildman–Crippen LogP) is 1.37. The maximum atomic E-state index is 13.8. The van der Waals surface area contributed by atoms with E-state index in [4.69, 9.17) is 0 Å². The van der Waals surface area contributed by atoms with Crippen LogP contribution in [-0.4, -0.2) is 64.5 Å². The van der Waals surface area contributed by atoms with Crippen LogP contribution < -0.4 is 0 Å². The Morgan fingerprint density at radius 1 is 1.33 bits per heavy atom. The number of fused-ring (bicyclic) bond motifs is 1. The standard InChI is InChI=1S/C16H19F2N3O3/c1-20-5-2-3-16(15(23)24)4-6-21(9-12(16)20)14(22)13-11(18)7-10(17)8-19-13/h7-8,12H,2-6,9H2,1H3,(H,23,24)/t12-,16+/m1/s1. The average molecular weight is 339 g/mol. The number of pyridine rings is 1. The number of rotatable bonds is 2. The number of aromatic nitrogens is 1. The molecule has 1 aromatic heterocycles. The highest BCUT2D eigenvalue weighted by Crippen LogP contribution is 2.42. The second-order valence-corrected chi connectivity index (χ2v) is 6.55. The van der Waals surface area contributed by atoms with Crippen molar-refractivity contribution in [2.45, 2.75) is 25.3 Å². The van der Waals surface area contributed by atoms with Gasteiger partial charge in [0.25, 0.3) is 5.91 Å². The number of amides is 1. The minimum absolute atomic E-state index is 0.195. The minimum Gasteiger partial charge on any atom is -0.481 e. The average Bonchev–Trinajstić information content (AvgIpc) is 2.54. The molecular formula is C16H19F2N3O3. The molecule has 1 N–H and O–H groups in total. The van der Waals surface area contributed by atoms with Gasteiger partial charge >= 0.3 is 5.97 Å². The fraction of sp³-hybridized carbons (Fsp3) is 0.562. The molecule has 0 aromatic carbocycles. The van der Waals surface area contributed by atoms with Crippen LogP contribution in [0.5, 0.6) is 0 Å². The van der Waals surface area contributed by atoms with Crippen LogP contribution in [0.2, 0.25) is 0 Å². The molecule has 8 heteroatoms. The lowest BCUT2D eigenvalue weighted by molar-refractivity contribution is -0.161. The highest BCUT2D eigenvalue weighted by Gasteiger charge is 2.53. The molecule has 0 bridgehead atoms. The van der Waals surface area contributed by atoms with Gasteiger partial charge in [0.2, 0.25) is 0 Å². The zero-order valence-corrected chi connectivity index (χ0v) is 13.3. The zero-order valence-electron chi connectivity index (χ0n) is 13.3. The van der Waals surface area contributed by atoms with Gasteiger partial charge in [-0.2, -0.15) is 0 Å². The molecule has 6 nitrogen and oxygen atoms in total. The highest BCUT2D eigenvalue weighted by molar-refractivity contribution is 5.93. The van der Waals surface area contributed by atoms with E-state index in [2.05, 4.69) is 4.98 Å². The lowest BCUT2D eigenvalue weighted by Crippen LogP contribution is -2.63. The molecule has 2 saturated heterocycles. The number of nitrogens with zero attached hydrogens (tertiary/aromatic N) is 3. The number of carbonyl (C=O) groups excluding carboxylic acids is 1. The summed E-state index contributed by atoms with van der Waals surface area (Å²) in [4.78, 5) is 31.3. The van der Waals surface area contributed by atoms with E-state index in [0.29, 0.717) is 18.9 Å². The Balaban J connectivity index is 1.85. The van der Waals surface area contributed by atoms with Crippen LogP contribution in [0.25, 0.3) is 0 Å². The second kappa shape index (κ2) is 6.08. The van der Waals surface area contributed by atoms with Crippen molar-refractivity contribution in [3.05, 3.63) is 29.6 Å². The molecule has 2 aliphatic rings. The van der Waals surface area contributed by atoms with Crippen LogP contribution in [0.1, 0.15) is 29.8 Å². The van der Waals surface area contributed by atoms with Crippen molar-refractivity contribution in [3.63, 3.8) is 0 Å². The largest absolute Gasteiger partial charge is 0.481 e. The fourth-order valence-corrected chi connectivity index (χ4v) is 3.89. The van der Waals surface area contributed by atoms with Crippen molar-refractivity contribution in [1.29, 1.82) is 0 Å². The second-order valence-electron chi connectivity index (χ2n) is 6.55. The molecule has 3 heterocycles. The van der Waals surface area contributed by atoms with Gasteiger partial charge in [0.05, 0.1) is 11.6 Å². The molecule has 0 unspecified atom stereocenters. The van der Waals surface area contributed by atoms with E-state index in [1.165, 1.54) is 4.90 Å². The van der Waals surface area contributed by atoms with E-state index in [1.54, 1.807) is 0 Å². The lowest BCUT2D eigenvalue weighted by atomic mass is 9.68. The molecule has 0 aliphatic carbocycles. The van der Waals surface area contributed by atoms with Crippen LogP contribution in [0.4, 0.5) is 8.78 Å². The van der Waals surface area contributed by atoms with Gasteiger partial charge in [0, 0.05) is 25.2 Å². The summed E-state index contributed by atoms with van der Waals surface area (Å²) >= 11 is 0. The van der Waals surface area contributed by atoms with Gasteiger partial charge in [-0.3, -0.25) is 9.59 Å². The number of hydrogen-bond acceptors (Lipinski definition) is 4. The molecule has 0 radical (unpaired) electrons. The van der Waals surface area contributed by atoms with Gasteiger partial charge in [-0.05, 0) is 32.9 Å². The first kappa shape index (κ1) is 16.8. The predicted molar refractivity (Wildman–Crippen MR) is 80.4 cm³/mol. The third-order valence-corrected chi connectivity index (χ3v) is 5.25. The van der Waals surface area contributed by atoms with Gasteiger partial charge < -0.3 is 14.9 Å². The Bertz CT molecular complexity index is 685. The summed E-state index contributed by atoms with van der Waals surface area (Å²) in [6.07, 6.45) is 2.48. The van der Waals surface area contributed by atoms with Crippen molar-refractivity contribution in [1.82, 2.24) is 14.8 Å². The Hall–Kier alpha value is -2.09. The van der Waals surface area contributed by atoms with E-state index in [9.17, 15) is 23.5 Å². The summed E-state index contributed by atoms with van der Waals surface area (Å²) < 4.78 is 26.8. The first-order chi connectivity index (χ1) is 11.3. The van der Waals surface area contributed by atoms with Gasteiger partial charge in [0.15, 0.2) is 11.5 Å². The van der Waals surface area contributed by atoms with Gasteiger partial charge in [0.1, 0.15) is 5.82 Å². The van der Waals surface area contributed by atoms with Crippen molar-refractivity contribution >= 4 is 11.9 Å². The van der Waals surface area contributed by atoms with Crippen LogP contribution in [0.3, 0.4) is 0 Å². The molecule has 0 saturated carbocycles. The SMILES string of the molecule is CN1CCC[C@]2(C(=O)O)CCN(C(=O)c3ncc(F)cc3F)C[C@@H]12. The summed E-state index contributed by atoms with van der Waals surface area (Å²) in [6.45, 7) is 1.17. The summed E-state index contributed by atoms with van der Waals surface area (Å²) in [7, 11) is 1.84. The van der Waals surface area contributed by atoms with Crippen LogP contribution in [-0.2, 0) is 4.79 Å². The zero-order chi connectivity index (χ0) is 17.5. The number of carbonyl (C=O) groups is 2. The van der Waals surface area contributed by atoms with E-state index < -0.39 is 34.6 Å². The Morgan fingerprint density at radius 3 is 2.75 bits per heavy atom. The third-order valence-electron chi connectivity index (χ3n) is 5.25. The lowest BCUT2D eigenvalue weighted by Gasteiger charge is -2.51.